The molecule has 1 aliphatic carbocycles. The highest BCUT2D eigenvalue weighted by Crippen LogP contribution is 2.40. The Kier molecular flexibility index (Phi) is 3.30. The van der Waals surface area contributed by atoms with Gasteiger partial charge in [-0.05, 0) is 36.0 Å². The van der Waals surface area contributed by atoms with Gasteiger partial charge in [0, 0.05) is 11.8 Å². The van der Waals surface area contributed by atoms with Crippen LogP contribution in [0.2, 0.25) is 0 Å². The van der Waals surface area contributed by atoms with Crippen LogP contribution in [-0.2, 0) is 0 Å². The fourth-order valence-corrected chi connectivity index (χ4v) is 2.69. The lowest BCUT2D eigenvalue weighted by molar-refractivity contribution is 0.416. The number of nitrogens with two attached hydrogens (primary N) is 1. The van der Waals surface area contributed by atoms with Crippen LogP contribution in [0.1, 0.15) is 47.9 Å². The number of aromatic nitrogens is 1. The second-order valence-electron chi connectivity index (χ2n) is 5.13. The molecule has 98 valence electrons. The predicted molar refractivity (Wildman–Crippen MR) is 73.3 cm³/mol. The summed E-state index contributed by atoms with van der Waals surface area (Å²) in [6.45, 7) is 0. The van der Waals surface area contributed by atoms with E-state index in [1.54, 1.807) is 12.3 Å². The van der Waals surface area contributed by atoms with Gasteiger partial charge in [0.15, 0.2) is 0 Å². The second-order valence-corrected chi connectivity index (χ2v) is 5.13. The zero-order chi connectivity index (χ0) is 13.2. The fraction of sp³-hybridized carbons (Fsp3) is 0.312. The molecule has 1 aromatic carbocycles. The van der Waals surface area contributed by atoms with Gasteiger partial charge in [0.25, 0.3) is 0 Å². The van der Waals surface area contributed by atoms with Crippen molar-refractivity contribution in [3.63, 3.8) is 0 Å². The van der Waals surface area contributed by atoms with Crippen molar-refractivity contribution >= 4 is 0 Å². The lowest BCUT2D eigenvalue weighted by atomic mass is 9.76. The summed E-state index contributed by atoms with van der Waals surface area (Å²) in [6.07, 6.45) is 6.51. The third-order valence-electron chi connectivity index (χ3n) is 4.01. The summed E-state index contributed by atoms with van der Waals surface area (Å²) in [5.41, 5.74) is 9.10. The zero-order valence-electron chi connectivity index (χ0n) is 10.7. The van der Waals surface area contributed by atoms with Crippen LogP contribution in [0, 0.1) is 5.82 Å². The van der Waals surface area contributed by atoms with Crippen LogP contribution in [0.15, 0.2) is 42.7 Å². The predicted octanol–water partition coefficient (Wildman–Crippen LogP) is 3.54. The number of pyridine rings is 1. The van der Waals surface area contributed by atoms with Crippen LogP contribution in [0.3, 0.4) is 0 Å². The SMILES string of the molecule is NC(c1ccncc1F)c1ccccc1C1CCC1. The zero-order valence-corrected chi connectivity index (χ0v) is 10.7. The number of rotatable bonds is 3. The van der Waals surface area contributed by atoms with E-state index in [0.29, 0.717) is 11.5 Å². The first-order valence-corrected chi connectivity index (χ1v) is 6.71. The van der Waals surface area contributed by atoms with Crippen molar-refractivity contribution in [3.8, 4) is 0 Å². The summed E-state index contributed by atoms with van der Waals surface area (Å²) in [6, 6.07) is 9.39. The van der Waals surface area contributed by atoms with E-state index in [-0.39, 0.29) is 5.82 Å². The number of hydrogen-bond donors (Lipinski definition) is 1. The summed E-state index contributed by atoms with van der Waals surface area (Å²) >= 11 is 0. The normalized spacial score (nSPS) is 16.9. The first-order chi connectivity index (χ1) is 9.27. The molecule has 2 aromatic rings. The topological polar surface area (TPSA) is 38.9 Å². The van der Waals surface area contributed by atoms with Crippen LogP contribution in [0.25, 0.3) is 0 Å². The largest absolute Gasteiger partial charge is 0.320 e. The van der Waals surface area contributed by atoms with Gasteiger partial charge in [0.1, 0.15) is 5.82 Å². The Morgan fingerprint density at radius 2 is 1.95 bits per heavy atom. The van der Waals surface area contributed by atoms with Gasteiger partial charge in [0.05, 0.1) is 12.2 Å². The maximum absolute atomic E-state index is 13.8. The molecule has 1 fully saturated rings. The second kappa shape index (κ2) is 5.10. The molecular formula is C16H17FN2. The molecule has 0 spiro atoms. The van der Waals surface area contributed by atoms with Gasteiger partial charge in [-0.15, -0.1) is 0 Å². The average Bonchev–Trinajstić information content (AvgIpc) is 2.37. The highest BCUT2D eigenvalue weighted by atomic mass is 19.1. The smallest absolute Gasteiger partial charge is 0.146 e. The van der Waals surface area contributed by atoms with E-state index in [1.165, 1.54) is 31.0 Å². The molecule has 1 unspecified atom stereocenters. The Labute approximate surface area is 112 Å². The van der Waals surface area contributed by atoms with Crippen molar-refractivity contribution in [1.82, 2.24) is 4.98 Å². The molecule has 0 saturated heterocycles. The maximum Gasteiger partial charge on any atom is 0.146 e. The molecule has 3 heteroatoms. The number of nitrogens with zero attached hydrogens (tertiary/aromatic N) is 1. The Hall–Kier alpha value is -1.74. The summed E-state index contributed by atoms with van der Waals surface area (Å²) in [4.78, 5) is 3.78. The monoisotopic (exact) mass is 256 g/mol. The summed E-state index contributed by atoms with van der Waals surface area (Å²) in [7, 11) is 0. The standard InChI is InChI=1S/C16H17FN2/c17-15-10-19-9-8-14(15)16(18)13-7-2-1-6-12(13)11-4-3-5-11/h1-2,6-11,16H,3-5,18H2. The van der Waals surface area contributed by atoms with E-state index in [2.05, 4.69) is 11.1 Å². The molecule has 1 aliphatic rings. The van der Waals surface area contributed by atoms with Crippen molar-refractivity contribution in [1.29, 1.82) is 0 Å². The van der Waals surface area contributed by atoms with E-state index in [9.17, 15) is 4.39 Å². The van der Waals surface area contributed by atoms with Crippen molar-refractivity contribution in [2.24, 2.45) is 5.73 Å². The van der Waals surface area contributed by atoms with Crippen LogP contribution < -0.4 is 5.73 Å². The molecule has 1 saturated carbocycles. The third-order valence-corrected chi connectivity index (χ3v) is 4.01. The minimum Gasteiger partial charge on any atom is -0.320 e. The van der Waals surface area contributed by atoms with Gasteiger partial charge in [-0.3, -0.25) is 4.98 Å². The van der Waals surface area contributed by atoms with Gasteiger partial charge in [-0.25, -0.2) is 4.39 Å². The Bertz CT molecular complexity index is 578. The van der Waals surface area contributed by atoms with Crippen molar-refractivity contribution in [2.45, 2.75) is 31.2 Å². The summed E-state index contributed by atoms with van der Waals surface area (Å²) in [5.74, 6) is 0.255. The quantitative estimate of drug-likeness (QED) is 0.912. The van der Waals surface area contributed by atoms with Gasteiger partial charge in [0.2, 0.25) is 0 Å². The molecule has 19 heavy (non-hydrogen) atoms. The molecule has 3 rings (SSSR count). The Morgan fingerprint density at radius 1 is 1.16 bits per heavy atom. The van der Waals surface area contributed by atoms with E-state index in [4.69, 9.17) is 5.73 Å². The molecule has 0 aliphatic heterocycles. The van der Waals surface area contributed by atoms with Crippen LogP contribution >= 0.6 is 0 Å². The number of hydrogen-bond acceptors (Lipinski definition) is 2. The van der Waals surface area contributed by atoms with Crippen LogP contribution in [-0.4, -0.2) is 4.98 Å². The molecule has 2 nitrogen and oxygen atoms in total. The van der Waals surface area contributed by atoms with Crippen LogP contribution in [0.4, 0.5) is 4.39 Å². The van der Waals surface area contributed by atoms with Crippen molar-refractivity contribution in [3.05, 3.63) is 65.2 Å². The lowest BCUT2D eigenvalue weighted by Crippen LogP contribution is -2.19. The molecule has 2 N–H and O–H groups in total. The minimum atomic E-state index is -0.417. The average molecular weight is 256 g/mol. The molecule has 0 amide bonds. The van der Waals surface area contributed by atoms with Crippen molar-refractivity contribution in [2.75, 3.05) is 0 Å². The molecular weight excluding hydrogens is 239 g/mol. The highest BCUT2D eigenvalue weighted by molar-refractivity contribution is 5.39. The van der Waals surface area contributed by atoms with E-state index < -0.39 is 6.04 Å². The summed E-state index contributed by atoms with van der Waals surface area (Å²) in [5, 5.41) is 0. The van der Waals surface area contributed by atoms with Gasteiger partial charge in [-0.2, -0.15) is 0 Å². The minimum absolute atomic E-state index is 0.335. The lowest BCUT2D eigenvalue weighted by Gasteiger charge is -2.29. The number of halogens is 1. The summed E-state index contributed by atoms with van der Waals surface area (Å²) < 4.78 is 13.8. The molecule has 1 heterocycles. The molecule has 0 bridgehead atoms. The molecule has 1 aromatic heterocycles. The Morgan fingerprint density at radius 3 is 2.63 bits per heavy atom. The van der Waals surface area contributed by atoms with Gasteiger partial charge in [-0.1, -0.05) is 30.7 Å². The van der Waals surface area contributed by atoms with E-state index in [0.717, 1.165) is 5.56 Å². The third kappa shape index (κ3) is 2.26. The van der Waals surface area contributed by atoms with E-state index >= 15 is 0 Å². The van der Waals surface area contributed by atoms with Gasteiger partial charge >= 0.3 is 0 Å². The molecule has 1 atom stereocenters. The maximum atomic E-state index is 13.8. The first-order valence-electron chi connectivity index (χ1n) is 6.71. The van der Waals surface area contributed by atoms with E-state index in [1.807, 2.05) is 18.2 Å². The molecule has 0 radical (unpaired) electrons. The van der Waals surface area contributed by atoms with Crippen molar-refractivity contribution < 1.29 is 4.39 Å². The highest BCUT2D eigenvalue weighted by Gasteiger charge is 2.25. The number of benzene rings is 1. The van der Waals surface area contributed by atoms with Crippen LogP contribution in [0.5, 0.6) is 0 Å². The Balaban J connectivity index is 2.00. The fourth-order valence-electron chi connectivity index (χ4n) is 2.69. The first kappa shape index (κ1) is 12.3. The van der Waals surface area contributed by atoms with Gasteiger partial charge < -0.3 is 5.73 Å².